The molecular weight excluding hydrogens is 489 g/mol. The second-order valence-corrected chi connectivity index (χ2v) is 8.41. The van der Waals surface area contributed by atoms with Gasteiger partial charge in [0, 0.05) is 50.8 Å². The summed E-state index contributed by atoms with van der Waals surface area (Å²) in [5.41, 5.74) is 1.40. The minimum absolute atomic E-state index is 0. The van der Waals surface area contributed by atoms with Gasteiger partial charge in [0.15, 0.2) is 5.96 Å². The lowest BCUT2D eigenvalue weighted by Gasteiger charge is -2.37. The van der Waals surface area contributed by atoms with Crippen LogP contribution in [-0.4, -0.2) is 79.8 Å². The number of guanidine groups is 1. The third-order valence-corrected chi connectivity index (χ3v) is 6.02. The lowest BCUT2D eigenvalue weighted by molar-refractivity contribution is -0.0165. The fourth-order valence-electron chi connectivity index (χ4n) is 4.31. The van der Waals surface area contributed by atoms with Gasteiger partial charge >= 0.3 is 0 Å². The molecule has 0 aromatic heterocycles. The van der Waals surface area contributed by atoms with Gasteiger partial charge in [0.1, 0.15) is 0 Å². The standard InChI is InChI=1S/C23H39N5O.HI/c1-4-24-23(25-16-19(2)28-14-15-29-18-20(28)3)26-22-10-12-27(13-11-22)17-21-8-6-5-7-9-21;/h5-9,19-20,22H,4,10-18H2,1-3H3,(H2,24,25,26);1H. The van der Waals surface area contributed by atoms with Crippen molar-refractivity contribution in [1.82, 2.24) is 20.4 Å². The van der Waals surface area contributed by atoms with Crippen LogP contribution < -0.4 is 10.6 Å². The molecule has 2 atom stereocenters. The number of benzene rings is 1. The average Bonchev–Trinajstić information content (AvgIpc) is 2.74. The molecule has 30 heavy (non-hydrogen) atoms. The van der Waals surface area contributed by atoms with E-state index in [1.54, 1.807) is 0 Å². The molecule has 2 aliphatic heterocycles. The van der Waals surface area contributed by atoms with E-state index in [1.165, 1.54) is 5.56 Å². The first-order valence-corrected chi connectivity index (χ1v) is 11.3. The smallest absolute Gasteiger partial charge is 0.191 e. The highest BCUT2D eigenvalue weighted by Gasteiger charge is 2.24. The number of halogens is 1. The molecule has 1 aromatic carbocycles. The average molecular weight is 530 g/mol. The molecule has 0 aliphatic carbocycles. The lowest BCUT2D eigenvalue weighted by atomic mass is 10.0. The van der Waals surface area contributed by atoms with Crippen LogP contribution in [0.5, 0.6) is 0 Å². The Labute approximate surface area is 199 Å². The van der Waals surface area contributed by atoms with E-state index in [2.05, 4.69) is 71.5 Å². The van der Waals surface area contributed by atoms with Crippen LogP contribution in [0.25, 0.3) is 0 Å². The van der Waals surface area contributed by atoms with E-state index in [0.29, 0.717) is 18.1 Å². The Morgan fingerprint density at radius 2 is 1.93 bits per heavy atom. The van der Waals surface area contributed by atoms with Crippen molar-refractivity contribution in [2.45, 2.75) is 58.3 Å². The van der Waals surface area contributed by atoms with Gasteiger partial charge in [0.2, 0.25) is 0 Å². The molecule has 3 rings (SSSR count). The van der Waals surface area contributed by atoms with Crippen molar-refractivity contribution in [2.24, 2.45) is 4.99 Å². The summed E-state index contributed by atoms with van der Waals surface area (Å²) in [5.74, 6) is 0.960. The van der Waals surface area contributed by atoms with Crippen LogP contribution >= 0.6 is 24.0 Å². The van der Waals surface area contributed by atoms with Crippen molar-refractivity contribution in [3.63, 3.8) is 0 Å². The van der Waals surface area contributed by atoms with Crippen LogP contribution in [-0.2, 0) is 11.3 Å². The van der Waals surface area contributed by atoms with Crippen LogP contribution in [0.2, 0.25) is 0 Å². The van der Waals surface area contributed by atoms with Crippen LogP contribution in [0.15, 0.2) is 35.3 Å². The molecule has 0 saturated carbocycles. The SMILES string of the molecule is CCNC(=NCC(C)N1CCOCC1C)NC1CCN(Cc2ccccc2)CC1.I. The molecular formula is C23H40IN5O. The van der Waals surface area contributed by atoms with E-state index >= 15 is 0 Å². The molecule has 7 heteroatoms. The molecule has 0 radical (unpaired) electrons. The van der Waals surface area contributed by atoms with E-state index in [4.69, 9.17) is 9.73 Å². The molecule has 2 saturated heterocycles. The third kappa shape index (κ3) is 7.98. The number of piperidine rings is 1. The molecule has 170 valence electrons. The van der Waals surface area contributed by atoms with Crippen molar-refractivity contribution in [1.29, 1.82) is 0 Å². The summed E-state index contributed by atoms with van der Waals surface area (Å²) in [4.78, 5) is 9.97. The number of rotatable bonds is 7. The molecule has 0 bridgehead atoms. The minimum atomic E-state index is 0. The first-order chi connectivity index (χ1) is 14.2. The van der Waals surface area contributed by atoms with E-state index in [1.807, 2.05) is 0 Å². The Kier molecular flexibility index (Phi) is 11.4. The molecule has 2 fully saturated rings. The molecule has 1 aromatic rings. The molecule has 2 aliphatic rings. The number of nitrogens with zero attached hydrogens (tertiary/aromatic N) is 3. The molecule has 0 amide bonds. The first kappa shape index (κ1) is 25.4. The van der Waals surface area contributed by atoms with Gasteiger partial charge < -0.3 is 15.4 Å². The highest BCUT2D eigenvalue weighted by molar-refractivity contribution is 14.0. The number of aliphatic imine (C=N–C) groups is 1. The molecule has 2 heterocycles. The van der Waals surface area contributed by atoms with E-state index in [0.717, 1.165) is 71.3 Å². The number of likely N-dealkylation sites (tertiary alicyclic amines) is 1. The maximum atomic E-state index is 5.57. The highest BCUT2D eigenvalue weighted by Crippen LogP contribution is 2.14. The fraction of sp³-hybridized carbons (Fsp3) is 0.696. The molecule has 6 nitrogen and oxygen atoms in total. The molecule has 2 N–H and O–H groups in total. The van der Waals surface area contributed by atoms with Gasteiger partial charge in [-0.15, -0.1) is 24.0 Å². The summed E-state index contributed by atoms with van der Waals surface area (Å²) in [6.45, 7) is 14.3. The number of morpholine rings is 1. The predicted molar refractivity (Wildman–Crippen MR) is 136 cm³/mol. The molecule has 0 spiro atoms. The highest BCUT2D eigenvalue weighted by atomic mass is 127. The van der Waals surface area contributed by atoms with Crippen molar-refractivity contribution < 1.29 is 4.74 Å². The Bertz CT molecular complexity index is 621. The van der Waals surface area contributed by atoms with Crippen LogP contribution in [0.4, 0.5) is 0 Å². The minimum Gasteiger partial charge on any atom is -0.379 e. The van der Waals surface area contributed by atoms with Crippen molar-refractivity contribution in [3.05, 3.63) is 35.9 Å². The maximum absolute atomic E-state index is 5.57. The Hall–Kier alpha value is -0.900. The zero-order chi connectivity index (χ0) is 20.5. The van der Waals surface area contributed by atoms with Crippen molar-refractivity contribution >= 4 is 29.9 Å². The number of hydrogen-bond donors (Lipinski definition) is 2. The topological polar surface area (TPSA) is 52.1 Å². The van der Waals surface area contributed by atoms with Gasteiger partial charge in [-0.3, -0.25) is 14.8 Å². The summed E-state index contributed by atoms with van der Waals surface area (Å²) >= 11 is 0. The summed E-state index contributed by atoms with van der Waals surface area (Å²) in [6, 6.07) is 12.2. The van der Waals surface area contributed by atoms with Crippen LogP contribution in [0, 0.1) is 0 Å². The van der Waals surface area contributed by atoms with Crippen LogP contribution in [0.1, 0.15) is 39.2 Å². The summed E-state index contributed by atoms with van der Waals surface area (Å²) in [7, 11) is 0. The second kappa shape index (κ2) is 13.5. The first-order valence-electron chi connectivity index (χ1n) is 11.3. The van der Waals surface area contributed by atoms with E-state index < -0.39 is 0 Å². The quantitative estimate of drug-likeness (QED) is 0.323. The summed E-state index contributed by atoms with van der Waals surface area (Å²) in [5, 5.41) is 7.11. The van der Waals surface area contributed by atoms with Gasteiger partial charge in [-0.25, -0.2) is 0 Å². The van der Waals surface area contributed by atoms with Gasteiger partial charge in [-0.2, -0.15) is 0 Å². The van der Waals surface area contributed by atoms with Gasteiger partial charge in [-0.1, -0.05) is 30.3 Å². The zero-order valence-corrected chi connectivity index (χ0v) is 21.2. The number of nitrogens with one attached hydrogen (secondary N) is 2. The normalized spacial score (nSPS) is 22.9. The third-order valence-electron chi connectivity index (χ3n) is 6.02. The fourth-order valence-corrected chi connectivity index (χ4v) is 4.31. The zero-order valence-electron chi connectivity index (χ0n) is 18.8. The Morgan fingerprint density at radius 1 is 1.20 bits per heavy atom. The Balaban J connectivity index is 0.00000320. The monoisotopic (exact) mass is 529 g/mol. The summed E-state index contributed by atoms with van der Waals surface area (Å²) in [6.07, 6.45) is 2.32. The maximum Gasteiger partial charge on any atom is 0.191 e. The van der Waals surface area contributed by atoms with E-state index in [-0.39, 0.29) is 24.0 Å². The van der Waals surface area contributed by atoms with Crippen molar-refractivity contribution in [2.75, 3.05) is 45.9 Å². The summed E-state index contributed by atoms with van der Waals surface area (Å²) < 4.78 is 5.57. The lowest BCUT2D eigenvalue weighted by Crippen LogP contribution is -2.51. The Morgan fingerprint density at radius 3 is 2.60 bits per heavy atom. The van der Waals surface area contributed by atoms with Gasteiger partial charge in [0.25, 0.3) is 0 Å². The second-order valence-electron chi connectivity index (χ2n) is 8.41. The predicted octanol–water partition coefficient (Wildman–Crippen LogP) is 2.93. The van der Waals surface area contributed by atoms with Gasteiger partial charge in [0.05, 0.1) is 19.8 Å². The van der Waals surface area contributed by atoms with Gasteiger partial charge in [-0.05, 0) is 39.2 Å². The number of hydrogen-bond acceptors (Lipinski definition) is 4. The van der Waals surface area contributed by atoms with Crippen molar-refractivity contribution in [3.8, 4) is 0 Å². The largest absolute Gasteiger partial charge is 0.379 e. The molecule has 2 unspecified atom stereocenters. The van der Waals surface area contributed by atoms with E-state index in [9.17, 15) is 0 Å². The van der Waals surface area contributed by atoms with Crippen LogP contribution in [0.3, 0.4) is 0 Å². The number of ether oxygens (including phenoxy) is 1.